The van der Waals surface area contributed by atoms with Gasteiger partial charge in [0.15, 0.2) is 0 Å². The predicted octanol–water partition coefficient (Wildman–Crippen LogP) is 2.81. The van der Waals surface area contributed by atoms with Crippen molar-refractivity contribution in [2.75, 3.05) is 36.5 Å². The number of morpholine rings is 1. The number of hydrogen-bond acceptors (Lipinski definition) is 5. The summed E-state index contributed by atoms with van der Waals surface area (Å²) in [6.07, 6.45) is 3.13. The van der Waals surface area contributed by atoms with E-state index in [-0.39, 0.29) is 0 Å². The summed E-state index contributed by atoms with van der Waals surface area (Å²) >= 11 is 0. The molecule has 2 atom stereocenters. The summed E-state index contributed by atoms with van der Waals surface area (Å²) in [7, 11) is 0. The highest BCUT2D eigenvalue weighted by atomic mass is 16.5. The van der Waals surface area contributed by atoms with E-state index in [1.54, 1.807) is 13.8 Å². The average Bonchev–Trinajstić information content (AvgIpc) is 3.41. The molecule has 34 heavy (non-hydrogen) atoms. The number of nitrogens with one attached hydrogen (secondary N) is 2. The van der Waals surface area contributed by atoms with Crippen LogP contribution in [0.3, 0.4) is 0 Å². The SMILES string of the molecule is CC(C(=O)Nc1ccc(N2CCOCC2)cc1)N1C(=O)NC(C)(c2ccc3c(c2)CCC3)C1=O. The average molecular weight is 463 g/mol. The number of benzene rings is 2. The molecule has 2 heterocycles. The first kappa shape index (κ1) is 22.4. The van der Waals surface area contributed by atoms with E-state index in [0.29, 0.717) is 18.9 Å². The highest BCUT2D eigenvalue weighted by molar-refractivity contribution is 6.11. The lowest BCUT2D eigenvalue weighted by molar-refractivity contribution is -0.136. The van der Waals surface area contributed by atoms with Gasteiger partial charge in [0.1, 0.15) is 11.6 Å². The van der Waals surface area contributed by atoms with Gasteiger partial charge in [-0.05, 0) is 74.1 Å². The number of rotatable bonds is 5. The summed E-state index contributed by atoms with van der Waals surface area (Å²) in [5.74, 6) is -0.832. The number of hydrogen-bond donors (Lipinski definition) is 2. The molecular weight excluding hydrogens is 432 g/mol. The topological polar surface area (TPSA) is 91.0 Å². The molecule has 2 unspecified atom stereocenters. The van der Waals surface area contributed by atoms with Crippen molar-refractivity contribution in [1.82, 2.24) is 10.2 Å². The Balaban J connectivity index is 1.28. The Morgan fingerprint density at radius 3 is 2.50 bits per heavy atom. The molecule has 0 radical (unpaired) electrons. The van der Waals surface area contributed by atoms with Crippen LogP contribution in [0.2, 0.25) is 0 Å². The Kier molecular flexibility index (Phi) is 5.77. The minimum Gasteiger partial charge on any atom is -0.378 e. The summed E-state index contributed by atoms with van der Waals surface area (Å²) < 4.78 is 5.39. The van der Waals surface area contributed by atoms with E-state index in [1.165, 1.54) is 11.1 Å². The van der Waals surface area contributed by atoms with Gasteiger partial charge in [-0.25, -0.2) is 9.69 Å². The molecule has 0 aromatic heterocycles. The minimum atomic E-state index is -1.19. The molecule has 2 aliphatic heterocycles. The summed E-state index contributed by atoms with van der Waals surface area (Å²) in [4.78, 5) is 42.5. The van der Waals surface area contributed by atoms with Crippen molar-refractivity contribution < 1.29 is 19.1 Å². The largest absolute Gasteiger partial charge is 0.378 e. The molecular formula is C26H30N4O4. The van der Waals surface area contributed by atoms with Crippen molar-refractivity contribution in [2.24, 2.45) is 0 Å². The molecule has 8 nitrogen and oxygen atoms in total. The number of ether oxygens (including phenoxy) is 1. The van der Waals surface area contributed by atoms with Crippen LogP contribution in [-0.2, 0) is 32.7 Å². The number of urea groups is 1. The van der Waals surface area contributed by atoms with E-state index in [9.17, 15) is 14.4 Å². The van der Waals surface area contributed by atoms with Crippen LogP contribution in [0.5, 0.6) is 0 Å². The number of anilines is 2. The van der Waals surface area contributed by atoms with Gasteiger partial charge in [0.2, 0.25) is 5.91 Å². The van der Waals surface area contributed by atoms with Crippen molar-refractivity contribution in [3.8, 4) is 0 Å². The van der Waals surface area contributed by atoms with Gasteiger partial charge in [0.25, 0.3) is 5.91 Å². The van der Waals surface area contributed by atoms with Gasteiger partial charge in [-0.15, -0.1) is 0 Å². The molecule has 3 aliphatic rings. The first-order valence-corrected chi connectivity index (χ1v) is 11.9. The van der Waals surface area contributed by atoms with Crippen LogP contribution >= 0.6 is 0 Å². The monoisotopic (exact) mass is 462 g/mol. The van der Waals surface area contributed by atoms with E-state index < -0.39 is 29.4 Å². The van der Waals surface area contributed by atoms with Crippen molar-refractivity contribution in [2.45, 2.75) is 44.7 Å². The van der Waals surface area contributed by atoms with Gasteiger partial charge in [-0.1, -0.05) is 18.2 Å². The summed E-state index contributed by atoms with van der Waals surface area (Å²) in [5, 5.41) is 5.66. The van der Waals surface area contributed by atoms with E-state index in [2.05, 4.69) is 15.5 Å². The van der Waals surface area contributed by atoms with Crippen LogP contribution in [0.15, 0.2) is 42.5 Å². The normalized spacial score (nSPS) is 23.0. The van der Waals surface area contributed by atoms with Crippen LogP contribution in [0.25, 0.3) is 0 Å². The molecule has 0 saturated carbocycles. The van der Waals surface area contributed by atoms with Gasteiger partial charge in [-0.2, -0.15) is 0 Å². The second kappa shape index (κ2) is 8.76. The van der Waals surface area contributed by atoms with Gasteiger partial charge >= 0.3 is 6.03 Å². The molecule has 2 saturated heterocycles. The third-order valence-electron chi connectivity index (χ3n) is 7.18. The number of aryl methyl sites for hydroxylation is 2. The highest BCUT2D eigenvalue weighted by Crippen LogP contribution is 2.33. The second-order valence-corrected chi connectivity index (χ2v) is 9.38. The molecule has 1 aliphatic carbocycles. The molecule has 2 fully saturated rings. The van der Waals surface area contributed by atoms with Crippen LogP contribution in [0.4, 0.5) is 16.2 Å². The molecule has 4 amide bonds. The number of fused-ring (bicyclic) bond motifs is 1. The number of amides is 4. The number of nitrogens with zero attached hydrogens (tertiary/aromatic N) is 2. The first-order valence-electron chi connectivity index (χ1n) is 11.9. The Labute approximate surface area is 199 Å². The minimum absolute atomic E-state index is 0.416. The fraction of sp³-hybridized carbons (Fsp3) is 0.423. The standard InChI is InChI=1S/C26H30N4O4/c1-17(23(31)27-21-8-10-22(11-9-21)29-12-14-34-15-13-29)30-24(32)26(2,28-25(30)33)20-7-6-18-4-3-5-19(18)16-20/h6-11,16-17H,3-5,12-15H2,1-2H3,(H,27,31)(H,28,33). The molecule has 5 rings (SSSR count). The van der Waals surface area contributed by atoms with E-state index in [0.717, 1.165) is 48.5 Å². The second-order valence-electron chi connectivity index (χ2n) is 9.38. The van der Waals surface area contributed by atoms with E-state index in [4.69, 9.17) is 4.74 Å². The van der Waals surface area contributed by atoms with E-state index >= 15 is 0 Å². The van der Waals surface area contributed by atoms with Crippen LogP contribution < -0.4 is 15.5 Å². The predicted molar refractivity (Wildman–Crippen MR) is 129 cm³/mol. The fourth-order valence-electron chi connectivity index (χ4n) is 5.03. The Morgan fingerprint density at radius 2 is 1.76 bits per heavy atom. The smallest absolute Gasteiger partial charge is 0.326 e. The van der Waals surface area contributed by atoms with E-state index in [1.807, 2.05) is 42.5 Å². The number of imide groups is 1. The fourth-order valence-corrected chi connectivity index (χ4v) is 5.03. The zero-order chi connectivity index (χ0) is 23.9. The zero-order valence-electron chi connectivity index (χ0n) is 19.6. The van der Waals surface area contributed by atoms with Gasteiger partial charge in [0, 0.05) is 24.5 Å². The Bertz CT molecular complexity index is 1130. The van der Waals surface area contributed by atoms with Crippen LogP contribution in [0.1, 0.15) is 37.0 Å². The zero-order valence-corrected chi connectivity index (χ0v) is 19.6. The van der Waals surface area contributed by atoms with Gasteiger partial charge < -0.3 is 20.3 Å². The highest BCUT2D eigenvalue weighted by Gasteiger charge is 2.52. The van der Waals surface area contributed by atoms with Crippen LogP contribution in [0, 0.1) is 0 Å². The lowest BCUT2D eigenvalue weighted by atomic mass is 9.89. The molecule has 2 N–H and O–H groups in total. The van der Waals surface area contributed by atoms with Gasteiger partial charge in [-0.3, -0.25) is 9.59 Å². The maximum Gasteiger partial charge on any atom is 0.326 e. The summed E-state index contributed by atoms with van der Waals surface area (Å²) in [6, 6.07) is 12.0. The quantitative estimate of drug-likeness (QED) is 0.667. The van der Waals surface area contributed by atoms with Crippen molar-refractivity contribution in [3.63, 3.8) is 0 Å². The maximum atomic E-state index is 13.4. The molecule has 0 spiro atoms. The maximum absolute atomic E-state index is 13.4. The number of carbonyl (C=O) groups excluding carboxylic acids is 3. The van der Waals surface area contributed by atoms with Crippen molar-refractivity contribution in [3.05, 3.63) is 59.2 Å². The lowest BCUT2D eigenvalue weighted by Crippen LogP contribution is -2.47. The molecule has 2 aromatic rings. The lowest BCUT2D eigenvalue weighted by Gasteiger charge is -2.29. The molecule has 8 heteroatoms. The van der Waals surface area contributed by atoms with Crippen molar-refractivity contribution in [1.29, 1.82) is 0 Å². The summed E-state index contributed by atoms with van der Waals surface area (Å²) in [6.45, 7) is 6.34. The Morgan fingerprint density at radius 1 is 1.06 bits per heavy atom. The van der Waals surface area contributed by atoms with Crippen LogP contribution in [-0.4, -0.2) is 55.1 Å². The molecule has 2 aromatic carbocycles. The Hall–Kier alpha value is -3.39. The number of carbonyl (C=O) groups is 3. The van der Waals surface area contributed by atoms with Gasteiger partial charge in [0.05, 0.1) is 13.2 Å². The molecule has 0 bridgehead atoms. The van der Waals surface area contributed by atoms with Crippen molar-refractivity contribution >= 4 is 29.2 Å². The molecule has 178 valence electrons. The third-order valence-corrected chi connectivity index (χ3v) is 7.18. The first-order chi connectivity index (χ1) is 16.4. The summed E-state index contributed by atoms with van der Waals surface area (Å²) in [5.41, 5.74) is 3.76. The third kappa shape index (κ3) is 3.92.